The summed E-state index contributed by atoms with van der Waals surface area (Å²) in [6, 6.07) is 5.57. The van der Waals surface area contributed by atoms with Gasteiger partial charge in [-0.25, -0.2) is 9.97 Å². The molecule has 0 spiro atoms. The van der Waals surface area contributed by atoms with Crippen molar-refractivity contribution in [1.29, 1.82) is 0 Å². The summed E-state index contributed by atoms with van der Waals surface area (Å²) in [5.74, 6) is 1.03. The lowest BCUT2D eigenvalue weighted by atomic mass is 9.91. The summed E-state index contributed by atoms with van der Waals surface area (Å²) in [4.78, 5) is 8.99. The SMILES string of the molecule is CC(C)(C)c1nc(-c2ccc(Cl)c(Br)c2)nc(N)c1Br. The summed E-state index contributed by atoms with van der Waals surface area (Å²) in [5.41, 5.74) is 7.60. The van der Waals surface area contributed by atoms with Crippen LogP contribution in [0.5, 0.6) is 0 Å². The van der Waals surface area contributed by atoms with Crippen LogP contribution in [0.25, 0.3) is 11.4 Å². The summed E-state index contributed by atoms with van der Waals surface area (Å²) < 4.78 is 1.56. The molecule has 0 aliphatic carbocycles. The van der Waals surface area contributed by atoms with E-state index in [-0.39, 0.29) is 5.41 Å². The van der Waals surface area contributed by atoms with Crippen LogP contribution in [0.2, 0.25) is 5.02 Å². The van der Waals surface area contributed by atoms with Gasteiger partial charge in [-0.15, -0.1) is 0 Å². The predicted octanol–water partition coefficient (Wildman–Crippen LogP) is 5.20. The molecule has 20 heavy (non-hydrogen) atoms. The zero-order valence-corrected chi connectivity index (χ0v) is 15.3. The molecule has 2 N–H and O–H groups in total. The van der Waals surface area contributed by atoms with E-state index >= 15 is 0 Å². The monoisotopic (exact) mass is 417 g/mol. The van der Waals surface area contributed by atoms with Crippen LogP contribution in [-0.2, 0) is 5.41 Å². The van der Waals surface area contributed by atoms with Crippen molar-refractivity contribution in [2.75, 3.05) is 5.73 Å². The van der Waals surface area contributed by atoms with Crippen molar-refractivity contribution < 1.29 is 0 Å². The fourth-order valence-electron chi connectivity index (χ4n) is 1.73. The van der Waals surface area contributed by atoms with Crippen LogP contribution in [0.1, 0.15) is 26.5 Å². The first kappa shape index (κ1) is 15.7. The Morgan fingerprint density at radius 1 is 1.15 bits per heavy atom. The van der Waals surface area contributed by atoms with E-state index in [0.717, 1.165) is 20.2 Å². The van der Waals surface area contributed by atoms with Gasteiger partial charge in [0.15, 0.2) is 5.82 Å². The molecular weight excluding hydrogens is 405 g/mol. The van der Waals surface area contributed by atoms with Gasteiger partial charge in [-0.05, 0) is 50.1 Å². The summed E-state index contributed by atoms with van der Waals surface area (Å²) >= 11 is 12.9. The fraction of sp³-hybridized carbons (Fsp3) is 0.286. The fourth-order valence-corrected chi connectivity index (χ4v) is 2.99. The van der Waals surface area contributed by atoms with Crippen molar-refractivity contribution in [3.63, 3.8) is 0 Å². The van der Waals surface area contributed by atoms with Gasteiger partial charge in [-0.3, -0.25) is 0 Å². The van der Waals surface area contributed by atoms with Crippen LogP contribution in [0.3, 0.4) is 0 Å². The molecule has 3 nitrogen and oxygen atoms in total. The minimum Gasteiger partial charge on any atom is -0.383 e. The molecule has 0 saturated heterocycles. The molecule has 0 fully saturated rings. The highest BCUT2D eigenvalue weighted by Gasteiger charge is 2.22. The lowest BCUT2D eigenvalue weighted by Crippen LogP contribution is -2.17. The normalized spacial score (nSPS) is 11.7. The second-order valence-electron chi connectivity index (χ2n) is 5.47. The number of anilines is 1. The number of rotatable bonds is 1. The zero-order chi connectivity index (χ0) is 15.1. The third kappa shape index (κ3) is 3.15. The summed E-state index contributed by atoms with van der Waals surface area (Å²) in [7, 11) is 0. The summed E-state index contributed by atoms with van der Waals surface area (Å²) in [5, 5.41) is 0.648. The van der Waals surface area contributed by atoms with Gasteiger partial charge in [0.05, 0.1) is 15.2 Å². The Hall–Kier alpha value is -0.650. The molecule has 0 radical (unpaired) electrons. The van der Waals surface area contributed by atoms with Crippen LogP contribution in [-0.4, -0.2) is 9.97 Å². The second-order valence-corrected chi connectivity index (χ2v) is 7.53. The van der Waals surface area contributed by atoms with Gasteiger partial charge >= 0.3 is 0 Å². The molecule has 0 saturated carbocycles. The van der Waals surface area contributed by atoms with Gasteiger partial charge in [-0.1, -0.05) is 32.4 Å². The van der Waals surface area contributed by atoms with E-state index < -0.39 is 0 Å². The van der Waals surface area contributed by atoms with Crippen LogP contribution in [0.4, 0.5) is 5.82 Å². The molecule has 1 aromatic carbocycles. The number of nitrogens with zero attached hydrogens (tertiary/aromatic N) is 2. The molecule has 106 valence electrons. The number of halogens is 3. The quantitative estimate of drug-likeness (QED) is 0.691. The minimum absolute atomic E-state index is 0.131. The van der Waals surface area contributed by atoms with Gasteiger partial charge in [-0.2, -0.15) is 0 Å². The molecule has 0 bridgehead atoms. The van der Waals surface area contributed by atoms with Gasteiger partial charge in [0.25, 0.3) is 0 Å². The topological polar surface area (TPSA) is 51.8 Å². The van der Waals surface area contributed by atoms with Crippen molar-refractivity contribution in [2.45, 2.75) is 26.2 Å². The van der Waals surface area contributed by atoms with E-state index in [2.05, 4.69) is 62.6 Å². The Morgan fingerprint density at radius 2 is 1.80 bits per heavy atom. The Bertz CT molecular complexity index is 666. The highest BCUT2D eigenvalue weighted by Crippen LogP contribution is 2.34. The minimum atomic E-state index is -0.131. The average Bonchev–Trinajstić information content (AvgIpc) is 2.34. The Morgan fingerprint density at radius 3 is 2.35 bits per heavy atom. The van der Waals surface area contributed by atoms with Crippen molar-refractivity contribution >= 4 is 49.3 Å². The highest BCUT2D eigenvalue weighted by molar-refractivity contribution is 9.11. The smallest absolute Gasteiger partial charge is 0.161 e. The Balaban J connectivity index is 2.63. The third-order valence-corrected chi connectivity index (χ3v) is 4.76. The number of nitrogen functional groups attached to an aromatic ring is 1. The van der Waals surface area contributed by atoms with E-state index in [0.29, 0.717) is 16.7 Å². The van der Waals surface area contributed by atoms with E-state index in [1.807, 2.05) is 12.1 Å². The third-order valence-electron chi connectivity index (χ3n) is 2.77. The molecule has 6 heteroatoms. The van der Waals surface area contributed by atoms with Gasteiger partial charge < -0.3 is 5.73 Å². The van der Waals surface area contributed by atoms with Crippen LogP contribution in [0.15, 0.2) is 27.1 Å². The van der Waals surface area contributed by atoms with Crippen LogP contribution in [0, 0.1) is 0 Å². The highest BCUT2D eigenvalue weighted by atomic mass is 79.9. The number of benzene rings is 1. The van der Waals surface area contributed by atoms with E-state index in [4.69, 9.17) is 17.3 Å². The van der Waals surface area contributed by atoms with Crippen molar-refractivity contribution in [2.24, 2.45) is 0 Å². The predicted molar refractivity (Wildman–Crippen MR) is 91.0 cm³/mol. The van der Waals surface area contributed by atoms with Gasteiger partial charge in [0.1, 0.15) is 5.82 Å². The molecule has 0 aliphatic rings. The van der Waals surface area contributed by atoms with Crippen LogP contribution >= 0.6 is 43.5 Å². The molecule has 0 unspecified atom stereocenters. The number of hydrogen-bond acceptors (Lipinski definition) is 3. The van der Waals surface area contributed by atoms with Crippen molar-refractivity contribution in [1.82, 2.24) is 9.97 Å². The molecule has 1 aromatic heterocycles. The van der Waals surface area contributed by atoms with Gasteiger partial charge in [0, 0.05) is 15.5 Å². The molecular formula is C14H14Br2ClN3. The van der Waals surface area contributed by atoms with Gasteiger partial charge in [0.2, 0.25) is 0 Å². The van der Waals surface area contributed by atoms with E-state index in [1.165, 1.54) is 0 Å². The van der Waals surface area contributed by atoms with E-state index in [1.54, 1.807) is 6.07 Å². The average molecular weight is 420 g/mol. The maximum atomic E-state index is 6.01. The molecule has 0 aliphatic heterocycles. The lowest BCUT2D eigenvalue weighted by molar-refractivity contribution is 0.565. The molecule has 2 aromatic rings. The van der Waals surface area contributed by atoms with Crippen LogP contribution < -0.4 is 5.73 Å². The maximum absolute atomic E-state index is 6.01. The van der Waals surface area contributed by atoms with E-state index in [9.17, 15) is 0 Å². The summed E-state index contributed by atoms with van der Waals surface area (Å²) in [6.45, 7) is 6.25. The van der Waals surface area contributed by atoms with Crippen molar-refractivity contribution in [3.8, 4) is 11.4 Å². The second kappa shape index (κ2) is 5.62. The molecule has 0 amide bonds. The number of hydrogen-bond donors (Lipinski definition) is 1. The zero-order valence-electron chi connectivity index (χ0n) is 11.3. The summed E-state index contributed by atoms with van der Waals surface area (Å²) in [6.07, 6.45) is 0. The maximum Gasteiger partial charge on any atom is 0.161 e. The first-order valence-electron chi connectivity index (χ1n) is 5.99. The first-order valence-corrected chi connectivity index (χ1v) is 7.95. The number of aromatic nitrogens is 2. The Labute approximate surface area is 140 Å². The largest absolute Gasteiger partial charge is 0.383 e. The molecule has 2 rings (SSSR count). The molecule has 1 heterocycles. The number of nitrogens with two attached hydrogens (primary N) is 1. The Kier molecular flexibility index (Phi) is 4.42. The van der Waals surface area contributed by atoms with Crippen molar-refractivity contribution in [3.05, 3.63) is 37.9 Å². The molecule has 0 atom stereocenters. The lowest BCUT2D eigenvalue weighted by Gasteiger charge is -2.21. The standard InChI is InChI=1S/C14H14Br2ClN3/c1-14(2,3)11-10(16)12(18)20-13(19-11)7-4-5-9(17)8(15)6-7/h4-6H,1-3H3,(H2,18,19,20). The first-order chi connectivity index (χ1) is 9.20.